The number of nitrogens with one attached hydrogen (secondary N) is 2. The second-order valence-corrected chi connectivity index (χ2v) is 8.97. The van der Waals surface area contributed by atoms with Crippen LogP contribution in [-0.2, 0) is 4.74 Å². The number of imidazole rings is 1. The van der Waals surface area contributed by atoms with E-state index in [1.165, 1.54) is 0 Å². The van der Waals surface area contributed by atoms with Crippen molar-refractivity contribution >= 4 is 39.7 Å². The topological polar surface area (TPSA) is 67.0 Å². The van der Waals surface area contributed by atoms with Crippen LogP contribution in [0.25, 0.3) is 11.0 Å². The number of carbonyl (C=O) groups is 1. The second-order valence-electron chi connectivity index (χ2n) is 7.73. The predicted octanol–water partition coefficient (Wildman–Crippen LogP) is 4.78. The first-order valence-electron chi connectivity index (χ1n) is 7.60. The van der Waals surface area contributed by atoms with Crippen molar-refractivity contribution in [3.05, 3.63) is 27.6 Å². The van der Waals surface area contributed by atoms with E-state index < -0.39 is 11.7 Å². The van der Waals surface area contributed by atoms with Gasteiger partial charge in [0, 0.05) is 3.57 Å². The lowest BCUT2D eigenvalue weighted by Gasteiger charge is -2.31. The molecule has 2 rings (SSSR count). The molecule has 0 aliphatic heterocycles. The van der Waals surface area contributed by atoms with Gasteiger partial charge in [-0.05, 0) is 67.0 Å². The van der Waals surface area contributed by atoms with E-state index in [0.29, 0.717) is 0 Å². The van der Waals surface area contributed by atoms with Gasteiger partial charge in [-0.3, -0.25) is 0 Å². The van der Waals surface area contributed by atoms with Gasteiger partial charge < -0.3 is 15.0 Å². The number of H-pyrrole nitrogens is 1. The molecule has 1 aromatic heterocycles. The Hall–Kier alpha value is -1.31. The fourth-order valence-electron chi connectivity index (χ4n) is 2.26. The molecule has 0 saturated carbocycles. The third-order valence-corrected chi connectivity index (χ3v) is 3.93. The second kappa shape index (κ2) is 6.30. The molecule has 1 atom stereocenters. The zero-order chi connectivity index (χ0) is 17.4. The Kier molecular flexibility index (Phi) is 4.94. The van der Waals surface area contributed by atoms with Crippen molar-refractivity contribution in [1.29, 1.82) is 0 Å². The van der Waals surface area contributed by atoms with E-state index in [4.69, 9.17) is 4.74 Å². The molecule has 0 unspecified atom stereocenters. The zero-order valence-electron chi connectivity index (χ0n) is 14.5. The van der Waals surface area contributed by atoms with E-state index in [0.717, 1.165) is 20.4 Å². The Bertz CT molecular complexity index is 711. The molecule has 0 spiro atoms. The highest BCUT2D eigenvalue weighted by atomic mass is 127. The van der Waals surface area contributed by atoms with E-state index in [1.54, 1.807) is 0 Å². The minimum absolute atomic E-state index is 0.210. The van der Waals surface area contributed by atoms with Gasteiger partial charge in [0.15, 0.2) is 0 Å². The lowest BCUT2D eigenvalue weighted by atomic mass is 9.86. The average Bonchev–Trinajstić information content (AvgIpc) is 2.74. The van der Waals surface area contributed by atoms with Crippen LogP contribution in [0.4, 0.5) is 4.79 Å². The average molecular weight is 429 g/mol. The van der Waals surface area contributed by atoms with Gasteiger partial charge in [0.25, 0.3) is 0 Å². The van der Waals surface area contributed by atoms with Gasteiger partial charge in [0.1, 0.15) is 11.4 Å². The maximum absolute atomic E-state index is 12.2. The number of fused-ring (bicyclic) bond motifs is 1. The molecule has 5 nitrogen and oxygen atoms in total. The van der Waals surface area contributed by atoms with Crippen molar-refractivity contribution in [3.63, 3.8) is 0 Å². The largest absolute Gasteiger partial charge is 0.444 e. The first-order valence-corrected chi connectivity index (χ1v) is 8.68. The van der Waals surface area contributed by atoms with Gasteiger partial charge in [-0.2, -0.15) is 0 Å². The molecule has 2 N–H and O–H groups in total. The number of hydrogen-bond donors (Lipinski definition) is 2. The number of halogens is 1. The van der Waals surface area contributed by atoms with E-state index in [9.17, 15) is 4.79 Å². The molecule has 0 fully saturated rings. The standard InChI is InChI=1S/C17H24IN3O2/c1-16(2,3)13(21-15(22)23-17(4,5)6)14-19-11-8-7-10(18)9-12(11)20-14/h7-9,13H,1-6H3,(H,19,20)(H,21,22)/t13-/m1/s1. The van der Waals surface area contributed by atoms with Gasteiger partial charge in [0.05, 0.1) is 17.1 Å². The van der Waals surface area contributed by atoms with Gasteiger partial charge in [-0.25, -0.2) is 9.78 Å². The highest BCUT2D eigenvalue weighted by Gasteiger charge is 2.32. The van der Waals surface area contributed by atoms with Crippen LogP contribution in [0, 0.1) is 8.99 Å². The first-order chi connectivity index (χ1) is 10.5. The van der Waals surface area contributed by atoms with Crippen molar-refractivity contribution in [1.82, 2.24) is 15.3 Å². The summed E-state index contributed by atoms with van der Waals surface area (Å²) < 4.78 is 6.52. The van der Waals surface area contributed by atoms with E-state index in [2.05, 4.69) is 58.6 Å². The number of aromatic nitrogens is 2. The highest BCUT2D eigenvalue weighted by molar-refractivity contribution is 14.1. The molecule has 23 heavy (non-hydrogen) atoms. The van der Waals surface area contributed by atoms with Gasteiger partial charge in [-0.15, -0.1) is 0 Å². The zero-order valence-corrected chi connectivity index (χ0v) is 16.6. The Morgan fingerprint density at radius 1 is 1.26 bits per heavy atom. The Balaban J connectivity index is 2.32. The number of rotatable bonds is 2. The number of benzene rings is 1. The van der Waals surface area contributed by atoms with Crippen molar-refractivity contribution in [2.24, 2.45) is 5.41 Å². The van der Waals surface area contributed by atoms with Crippen LogP contribution in [0.1, 0.15) is 53.4 Å². The first kappa shape index (κ1) is 18.0. The molecule has 0 aliphatic rings. The van der Waals surface area contributed by atoms with Crippen LogP contribution >= 0.6 is 22.6 Å². The van der Waals surface area contributed by atoms with Gasteiger partial charge in [-0.1, -0.05) is 20.8 Å². The predicted molar refractivity (Wildman–Crippen MR) is 100 cm³/mol. The summed E-state index contributed by atoms with van der Waals surface area (Å²) in [6.07, 6.45) is -0.438. The van der Waals surface area contributed by atoms with Crippen molar-refractivity contribution < 1.29 is 9.53 Å². The minimum Gasteiger partial charge on any atom is -0.444 e. The van der Waals surface area contributed by atoms with E-state index >= 15 is 0 Å². The summed E-state index contributed by atoms with van der Waals surface area (Å²) in [5, 5.41) is 2.95. The summed E-state index contributed by atoms with van der Waals surface area (Å²) in [6.45, 7) is 11.7. The van der Waals surface area contributed by atoms with Gasteiger partial charge in [0.2, 0.25) is 0 Å². The summed E-state index contributed by atoms with van der Waals surface area (Å²) >= 11 is 2.27. The number of amides is 1. The number of carbonyl (C=O) groups excluding carboxylic acids is 1. The minimum atomic E-state index is -0.531. The molecule has 1 aromatic carbocycles. The van der Waals surface area contributed by atoms with Crippen LogP contribution in [-0.4, -0.2) is 21.7 Å². The Labute approximate surface area is 150 Å². The maximum atomic E-state index is 12.2. The molecule has 0 bridgehead atoms. The van der Waals surface area contributed by atoms with E-state index in [1.807, 2.05) is 39.0 Å². The van der Waals surface area contributed by atoms with Crippen molar-refractivity contribution in [3.8, 4) is 0 Å². The smallest absolute Gasteiger partial charge is 0.408 e. The maximum Gasteiger partial charge on any atom is 0.408 e. The van der Waals surface area contributed by atoms with Crippen LogP contribution in [0.5, 0.6) is 0 Å². The summed E-state index contributed by atoms with van der Waals surface area (Å²) in [6, 6.07) is 5.76. The molecule has 1 heterocycles. The third kappa shape index (κ3) is 4.83. The summed E-state index contributed by atoms with van der Waals surface area (Å²) in [7, 11) is 0. The number of hydrogen-bond acceptors (Lipinski definition) is 3. The summed E-state index contributed by atoms with van der Waals surface area (Å²) in [5.74, 6) is 0.736. The molecule has 0 saturated heterocycles. The van der Waals surface area contributed by atoms with E-state index in [-0.39, 0.29) is 11.5 Å². The van der Waals surface area contributed by atoms with Crippen LogP contribution in [0.15, 0.2) is 18.2 Å². The number of alkyl carbamates (subject to hydrolysis) is 1. The normalized spacial score (nSPS) is 13.9. The molecule has 0 radical (unpaired) electrons. The fraction of sp³-hybridized carbons (Fsp3) is 0.529. The molecular weight excluding hydrogens is 405 g/mol. The molecule has 2 aromatic rings. The molecule has 1 amide bonds. The molecule has 126 valence electrons. The number of nitrogens with zero attached hydrogens (tertiary/aromatic N) is 1. The lowest BCUT2D eigenvalue weighted by Crippen LogP contribution is -2.40. The highest BCUT2D eigenvalue weighted by Crippen LogP contribution is 2.32. The lowest BCUT2D eigenvalue weighted by molar-refractivity contribution is 0.0458. The number of ether oxygens (including phenoxy) is 1. The fourth-order valence-corrected chi connectivity index (χ4v) is 2.75. The third-order valence-electron chi connectivity index (χ3n) is 3.26. The van der Waals surface area contributed by atoms with Crippen molar-refractivity contribution in [2.45, 2.75) is 53.2 Å². The molecular formula is C17H24IN3O2. The van der Waals surface area contributed by atoms with Crippen LogP contribution < -0.4 is 5.32 Å². The SMILES string of the molecule is CC(C)(C)OC(=O)N[C@H](c1nc2ccc(I)cc2[nH]1)C(C)(C)C. The number of aromatic amines is 1. The Morgan fingerprint density at radius 3 is 2.48 bits per heavy atom. The Morgan fingerprint density at radius 2 is 1.91 bits per heavy atom. The summed E-state index contributed by atoms with van der Waals surface area (Å²) in [4.78, 5) is 20.1. The summed E-state index contributed by atoms with van der Waals surface area (Å²) in [5.41, 5.74) is 1.11. The van der Waals surface area contributed by atoms with Crippen LogP contribution in [0.2, 0.25) is 0 Å². The van der Waals surface area contributed by atoms with Gasteiger partial charge >= 0.3 is 6.09 Å². The van der Waals surface area contributed by atoms with Crippen LogP contribution in [0.3, 0.4) is 0 Å². The van der Waals surface area contributed by atoms with Crippen molar-refractivity contribution in [2.75, 3.05) is 0 Å². The molecule has 0 aliphatic carbocycles. The monoisotopic (exact) mass is 429 g/mol. The molecule has 6 heteroatoms. The quantitative estimate of drug-likeness (QED) is 0.676.